The summed E-state index contributed by atoms with van der Waals surface area (Å²) in [6.45, 7) is 0. The molecule has 2 atom stereocenters. The SMILES string of the molecule is COC1=Cc2ccccc2C1OC(=O)OC1C(OC)=Cc2ccccc21. The molecule has 0 saturated heterocycles. The molecule has 0 fully saturated rings. The Labute approximate surface area is 151 Å². The first-order valence-electron chi connectivity index (χ1n) is 8.27. The van der Waals surface area contributed by atoms with Crippen LogP contribution in [0, 0.1) is 0 Å². The number of carbonyl (C=O) groups excluding carboxylic acids is 1. The molecule has 0 aromatic heterocycles. The maximum atomic E-state index is 12.5. The molecule has 2 aliphatic carbocycles. The van der Waals surface area contributed by atoms with Gasteiger partial charge in [0, 0.05) is 11.1 Å². The highest BCUT2D eigenvalue weighted by Gasteiger charge is 2.34. The van der Waals surface area contributed by atoms with Crippen LogP contribution in [-0.4, -0.2) is 20.4 Å². The van der Waals surface area contributed by atoms with Crippen molar-refractivity contribution in [3.63, 3.8) is 0 Å². The predicted octanol–water partition coefficient (Wildman–Crippen LogP) is 4.62. The lowest BCUT2D eigenvalue weighted by atomic mass is 10.1. The van der Waals surface area contributed by atoms with E-state index in [2.05, 4.69) is 0 Å². The Morgan fingerprint density at radius 1 is 0.731 bits per heavy atom. The van der Waals surface area contributed by atoms with Crippen LogP contribution < -0.4 is 0 Å². The van der Waals surface area contributed by atoms with Crippen molar-refractivity contribution < 1.29 is 23.7 Å². The smallest absolute Gasteiger partial charge is 0.497 e. The van der Waals surface area contributed by atoms with Crippen molar-refractivity contribution >= 4 is 18.3 Å². The lowest BCUT2D eigenvalue weighted by Crippen LogP contribution is -2.17. The molecule has 2 aromatic carbocycles. The van der Waals surface area contributed by atoms with Crippen LogP contribution in [0.4, 0.5) is 4.79 Å². The number of carbonyl (C=O) groups is 1. The molecule has 5 heteroatoms. The van der Waals surface area contributed by atoms with E-state index in [4.69, 9.17) is 18.9 Å². The monoisotopic (exact) mass is 350 g/mol. The van der Waals surface area contributed by atoms with E-state index in [-0.39, 0.29) is 0 Å². The van der Waals surface area contributed by atoms with Crippen molar-refractivity contribution in [1.29, 1.82) is 0 Å². The second-order valence-electron chi connectivity index (χ2n) is 6.01. The van der Waals surface area contributed by atoms with E-state index in [0.717, 1.165) is 22.3 Å². The van der Waals surface area contributed by atoms with Gasteiger partial charge in [0.15, 0.2) is 12.2 Å². The Bertz CT molecular complexity index is 839. The summed E-state index contributed by atoms with van der Waals surface area (Å²) >= 11 is 0. The average molecular weight is 350 g/mol. The number of hydrogen-bond donors (Lipinski definition) is 0. The lowest BCUT2D eigenvalue weighted by Gasteiger charge is -2.20. The summed E-state index contributed by atoms with van der Waals surface area (Å²) in [5.74, 6) is 1.13. The molecule has 4 rings (SSSR count). The zero-order valence-electron chi connectivity index (χ0n) is 14.5. The summed E-state index contributed by atoms with van der Waals surface area (Å²) in [5.41, 5.74) is 3.67. The Morgan fingerprint density at radius 3 is 1.58 bits per heavy atom. The molecule has 0 heterocycles. The maximum Gasteiger partial charge on any atom is 0.510 e. The van der Waals surface area contributed by atoms with E-state index in [1.165, 1.54) is 0 Å². The summed E-state index contributed by atoms with van der Waals surface area (Å²) in [6.07, 6.45) is 1.71. The fourth-order valence-corrected chi connectivity index (χ4v) is 3.32. The molecule has 0 amide bonds. The van der Waals surface area contributed by atoms with Gasteiger partial charge in [-0.25, -0.2) is 4.79 Å². The van der Waals surface area contributed by atoms with Gasteiger partial charge in [0.1, 0.15) is 11.5 Å². The van der Waals surface area contributed by atoms with Gasteiger partial charge in [0.2, 0.25) is 0 Å². The first kappa shape index (κ1) is 16.3. The highest BCUT2D eigenvalue weighted by Crippen LogP contribution is 2.40. The van der Waals surface area contributed by atoms with E-state index >= 15 is 0 Å². The molecule has 2 unspecified atom stereocenters. The molecular weight excluding hydrogens is 332 g/mol. The summed E-state index contributed by atoms with van der Waals surface area (Å²) in [5, 5.41) is 0. The number of fused-ring (bicyclic) bond motifs is 2. The van der Waals surface area contributed by atoms with Crippen LogP contribution in [0.2, 0.25) is 0 Å². The summed E-state index contributed by atoms with van der Waals surface area (Å²) in [4.78, 5) is 12.5. The third-order valence-corrected chi connectivity index (χ3v) is 4.57. The van der Waals surface area contributed by atoms with Crippen molar-refractivity contribution in [2.24, 2.45) is 0 Å². The molecular formula is C21H18O5. The van der Waals surface area contributed by atoms with Crippen LogP contribution in [0.1, 0.15) is 34.5 Å². The minimum atomic E-state index is -0.778. The molecule has 0 radical (unpaired) electrons. The Balaban J connectivity index is 1.53. The van der Waals surface area contributed by atoms with Gasteiger partial charge in [0.25, 0.3) is 0 Å². The first-order valence-corrected chi connectivity index (χ1v) is 8.27. The highest BCUT2D eigenvalue weighted by atomic mass is 16.7. The molecule has 0 spiro atoms. The van der Waals surface area contributed by atoms with E-state index in [0.29, 0.717) is 11.5 Å². The Hall–Kier alpha value is -3.21. The average Bonchev–Trinajstić information content (AvgIpc) is 3.20. The van der Waals surface area contributed by atoms with Crippen LogP contribution in [0.3, 0.4) is 0 Å². The quantitative estimate of drug-likeness (QED) is 0.753. The number of hydrogen-bond acceptors (Lipinski definition) is 5. The van der Waals surface area contributed by atoms with Crippen molar-refractivity contribution in [3.8, 4) is 0 Å². The van der Waals surface area contributed by atoms with Gasteiger partial charge in [0.05, 0.1) is 14.2 Å². The largest absolute Gasteiger partial charge is 0.510 e. The van der Waals surface area contributed by atoms with E-state index < -0.39 is 18.4 Å². The van der Waals surface area contributed by atoms with E-state index in [1.54, 1.807) is 14.2 Å². The minimum absolute atomic E-state index is 0.567. The fourth-order valence-electron chi connectivity index (χ4n) is 3.32. The van der Waals surface area contributed by atoms with Crippen LogP contribution >= 0.6 is 0 Å². The van der Waals surface area contributed by atoms with Gasteiger partial charge in [-0.2, -0.15) is 0 Å². The number of rotatable bonds is 4. The van der Waals surface area contributed by atoms with Gasteiger partial charge in [-0.3, -0.25) is 0 Å². The van der Waals surface area contributed by atoms with Crippen molar-refractivity contribution in [3.05, 3.63) is 82.3 Å². The zero-order chi connectivity index (χ0) is 18.1. The standard InChI is InChI=1S/C21H18O5/c1-23-17-11-13-7-3-5-9-15(13)19(17)25-21(22)26-20-16-10-6-4-8-14(16)12-18(20)24-2/h3-12,19-20H,1-2H3. The highest BCUT2D eigenvalue weighted by molar-refractivity contribution is 5.70. The van der Waals surface area contributed by atoms with Crippen LogP contribution in [-0.2, 0) is 18.9 Å². The number of methoxy groups -OCH3 is 2. The predicted molar refractivity (Wildman–Crippen MR) is 95.9 cm³/mol. The molecule has 0 saturated carbocycles. The fraction of sp³-hybridized carbons (Fsp3) is 0.190. The Kier molecular flexibility index (Phi) is 4.13. The molecule has 0 bridgehead atoms. The molecule has 132 valence electrons. The van der Waals surface area contributed by atoms with Gasteiger partial charge in [-0.1, -0.05) is 48.5 Å². The number of ether oxygens (including phenoxy) is 4. The second-order valence-corrected chi connectivity index (χ2v) is 6.01. The minimum Gasteiger partial charge on any atom is -0.497 e. The van der Waals surface area contributed by atoms with Crippen molar-refractivity contribution in [2.45, 2.75) is 12.2 Å². The topological polar surface area (TPSA) is 54.0 Å². The summed E-state index contributed by atoms with van der Waals surface area (Å²) in [6, 6.07) is 15.3. The van der Waals surface area contributed by atoms with Crippen molar-refractivity contribution in [2.75, 3.05) is 14.2 Å². The Morgan fingerprint density at radius 2 is 1.15 bits per heavy atom. The summed E-state index contributed by atoms with van der Waals surface area (Å²) in [7, 11) is 3.11. The second kappa shape index (κ2) is 6.59. The maximum absolute atomic E-state index is 12.5. The van der Waals surface area contributed by atoms with Gasteiger partial charge >= 0.3 is 6.16 Å². The molecule has 0 aliphatic heterocycles. The van der Waals surface area contributed by atoms with E-state index in [1.807, 2.05) is 60.7 Å². The van der Waals surface area contributed by atoms with Crippen LogP contribution in [0.15, 0.2) is 60.0 Å². The summed E-state index contributed by atoms with van der Waals surface area (Å²) < 4.78 is 21.9. The van der Waals surface area contributed by atoms with Crippen molar-refractivity contribution in [1.82, 2.24) is 0 Å². The molecule has 5 nitrogen and oxygen atoms in total. The third-order valence-electron chi connectivity index (χ3n) is 4.57. The lowest BCUT2D eigenvalue weighted by molar-refractivity contribution is -0.00650. The normalized spacial score (nSPS) is 19.8. The first-order chi connectivity index (χ1) is 12.7. The van der Waals surface area contributed by atoms with Gasteiger partial charge in [-0.15, -0.1) is 0 Å². The molecule has 26 heavy (non-hydrogen) atoms. The van der Waals surface area contributed by atoms with Gasteiger partial charge in [-0.05, 0) is 23.3 Å². The van der Waals surface area contributed by atoms with E-state index in [9.17, 15) is 4.79 Å². The third kappa shape index (κ3) is 2.71. The molecule has 2 aromatic rings. The van der Waals surface area contributed by atoms with Gasteiger partial charge < -0.3 is 18.9 Å². The number of benzene rings is 2. The van der Waals surface area contributed by atoms with Crippen LogP contribution in [0.25, 0.3) is 12.2 Å². The van der Waals surface area contributed by atoms with Crippen LogP contribution in [0.5, 0.6) is 0 Å². The molecule has 2 aliphatic rings. The zero-order valence-corrected chi connectivity index (χ0v) is 14.5. The molecule has 0 N–H and O–H groups in total.